The van der Waals surface area contributed by atoms with Crippen LogP contribution in [0.15, 0.2) is 65.1 Å². The first kappa shape index (κ1) is 15.4. The molecular formula is C17H17BrO. The number of hydrogen-bond donors (Lipinski definition) is 0. The number of rotatable bonds is 3. The van der Waals surface area contributed by atoms with Crippen molar-refractivity contribution in [2.45, 2.75) is 13.8 Å². The van der Waals surface area contributed by atoms with Crippen molar-refractivity contribution >= 4 is 27.8 Å². The normalized spacial score (nSPS) is 9.84. The van der Waals surface area contributed by atoms with Crippen LogP contribution < -0.4 is 0 Å². The Labute approximate surface area is 123 Å². The van der Waals surface area contributed by atoms with Gasteiger partial charge in [-0.2, -0.15) is 0 Å². The van der Waals surface area contributed by atoms with Crippen LogP contribution in [0.25, 0.3) is 6.08 Å². The Balaban J connectivity index is 0.000000861. The average Bonchev–Trinajstić information content (AvgIpc) is 2.49. The number of benzene rings is 2. The first-order chi connectivity index (χ1) is 9.27. The van der Waals surface area contributed by atoms with Gasteiger partial charge in [-0.25, -0.2) is 0 Å². The molecule has 2 heteroatoms. The van der Waals surface area contributed by atoms with E-state index >= 15 is 0 Å². The average molecular weight is 317 g/mol. The minimum atomic E-state index is 0.0151. The largest absolute Gasteiger partial charge is 0.289 e. The van der Waals surface area contributed by atoms with Gasteiger partial charge in [-0.3, -0.25) is 4.79 Å². The lowest BCUT2D eigenvalue weighted by Gasteiger charge is -1.97. The van der Waals surface area contributed by atoms with E-state index in [4.69, 9.17) is 0 Å². The van der Waals surface area contributed by atoms with Crippen LogP contribution in [0.3, 0.4) is 0 Å². The number of hydrogen-bond acceptors (Lipinski definition) is 1. The van der Waals surface area contributed by atoms with Crippen LogP contribution in [-0.2, 0) is 0 Å². The fourth-order valence-corrected chi connectivity index (χ4v) is 1.89. The third kappa shape index (κ3) is 4.84. The van der Waals surface area contributed by atoms with Crippen molar-refractivity contribution in [1.29, 1.82) is 0 Å². The summed E-state index contributed by atoms with van der Waals surface area (Å²) in [7, 11) is 0. The van der Waals surface area contributed by atoms with E-state index in [1.165, 1.54) is 0 Å². The topological polar surface area (TPSA) is 17.1 Å². The van der Waals surface area contributed by atoms with Crippen molar-refractivity contribution in [1.82, 2.24) is 0 Å². The third-order valence-corrected chi connectivity index (χ3v) is 3.10. The molecule has 0 heterocycles. The molecule has 0 amide bonds. The maximum absolute atomic E-state index is 11.8. The summed E-state index contributed by atoms with van der Waals surface area (Å²) in [4.78, 5) is 11.8. The molecule has 0 aliphatic heterocycles. The smallest absolute Gasteiger partial charge is 0.185 e. The minimum absolute atomic E-state index is 0.0151. The van der Waals surface area contributed by atoms with Crippen LogP contribution in [0, 0.1) is 0 Å². The Bertz CT molecular complexity index is 544. The molecule has 0 saturated heterocycles. The van der Waals surface area contributed by atoms with E-state index in [0.717, 1.165) is 10.0 Å². The maximum atomic E-state index is 11.8. The molecule has 0 aromatic heterocycles. The molecule has 0 spiro atoms. The van der Waals surface area contributed by atoms with Gasteiger partial charge in [-0.1, -0.05) is 78.3 Å². The summed E-state index contributed by atoms with van der Waals surface area (Å²) in [6, 6.07) is 17.0. The second-order valence-corrected chi connectivity index (χ2v) is 4.44. The van der Waals surface area contributed by atoms with Gasteiger partial charge in [0, 0.05) is 10.0 Å². The fraction of sp³-hybridized carbons (Fsp3) is 0.118. The highest BCUT2D eigenvalue weighted by molar-refractivity contribution is 9.10. The zero-order chi connectivity index (χ0) is 14.1. The second kappa shape index (κ2) is 8.44. The van der Waals surface area contributed by atoms with Gasteiger partial charge in [0.1, 0.15) is 0 Å². The van der Waals surface area contributed by atoms with Crippen molar-refractivity contribution in [3.05, 3.63) is 76.3 Å². The van der Waals surface area contributed by atoms with Crippen molar-refractivity contribution < 1.29 is 4.79 Å². The van der Waals surface area contributed by atoms with Gasteiger partial charge in [0.25, 0.3) is 0 Å². The molecular weight excluding hydrogens is 300 g/mol. The second-order valence-electron chi connectivity index (χ2n) is 3.59. The molecule has 0 aliphatic carbocycles. The fourth-order valence-electron chi connectivity index (χ4n) is 1.47. The highest BCUT2D eigenvalue weighted by atomic mass is 79.9. The monoisotopic (exact) mass is 316 g/mol. The molecule has 0 atom stereocenters. The van der Waals surface area contributed by atoms with Gasteiger partial charge < -0.3 is 0 Å². The van der Waals surface area contributed by atoms with E-state index in [9.17, 15) is 4.79 Å². The molecule has 1 nitrogen and oxygen atoms in total. The van der Waals surface area contributed by atoms with Crippen LogP contribution in [0.1, 0.15) is 29.8 Å². The molecule has 98 valence electrons. The van der Waals surface area contributed by atoms with E-state index < -0.39 is 0 Å². The third-order valence-electron chi connectivity index (χ3n) is 2.38. The minimum Gasteiger partial charge on any atom is -0.289 e. The van der Waals surface area contributed by atoms with Gasteiger partial charge in [0.15, 0.2) is 5.78 Å². The Kier molecular flexibility index (Phi) is 6.83. The highest BCUT2D eigenvalue weighted by Crippen LogP contribution is 2.17. The predicted octanol–water partition coefficient (Wildman–Crippen LogP) is 5.37. The maximum Gasteiger partial charge on any atom is 0.185 e. The van der Waals surface area contributed by atoms with Crippen molar-refractivity contribution in [2.24, 2.45) is 0 Å². The molecule has 0 bridgehead atoms. The molecule has 0 unspecified atom stereocenters. The summed E-state index contributed by atoms with van der Waals surface area (Å²) >= 11 is 3.44. The molecule has 0 radical (unpaired) electrons. The lowest BCUT2D eigenvalue weighted by molar-refractivity contribution is 0.104. The Morgan fingerprint density at radius 2 is 1.53 bits per heavy atom. The van der Waals surface area contributed by atoms with Gasteiger partial charge >= 0.3 is 0 Å². The SMILES string of the molecule is CC.O=C(/C=C/c1ccccc1Br)c1ccccc1. The van der Waals surface area contributed by atoms with E-state index in [2.05, 4.69) is 15.9 Å². The number of carbonyl (C=O) groups is 1. The van der Waals surface area contributed by atoms with Gasteiger partial charge in [-0.05, 0) is 23.8 Å². The number of carbonyl (C=O) groups excluding carboxylic acids is 1. The van der Waals surface area contributed by atoms with Crippen molar-refractivity contribution in [3.63, 3.8) is 0 Å². The van der Waals surface area contributed by atoms with Crippen LogP contribution >= 0.6 is 15.9 Å². The first-order valence-corrected chi connectivity index (χ1v) is 7.08. The van der Waals surface area contributed by atoms with Crippen LogP contribution in [0.5, 0.6) is 0 Å². The Morgan fingerprint density at radius 3 is 2.16 bits per heavy atom. The standard InChI is InChI=1S/C15H11BrO.C2H6/c16-14-9-5-4-6-12(14)10-11-15(17)13-7-2-1-3-8-13;1-2/h1-11H;1-2H3/b11-10+;. The summed E-state index contributed by atoms with van der Waals surface area (Å²) in [6.07, 6.45) is 3.41. The lowest BCUT2D eigenvalue weighted by atomic mass is 10.1. The lowest BCUT2D eigenvalue weighted by Crippen LogP contribution is -1.92. The van der Waals surface area contributed by atoms with Crippen LogP contribution in [-0.4, -0.2) is 5.78 Å². The zero-order valence-corrected chi connectivity index (χ0v) is 12.7. The van der Waals surface area contributed by atoms with E-state index in [-0.39, 0.29) is 5.78 Å². The zero-order valence-electron chi connectivity index (χ0n) is 11.1. The first-order valence-electron chi connectivity index (χ1n) is 6.29. The van der Waals surface area contributed by atoms with Crippen molar-refractivity contribution in [2.75, 3.05) is 0 Å². The molecule has 19 heavy (non-hydrogen) atoms. The van der Waals surface area contributed by atoms with E-state index in [0.29, 0.717) is 5.56 Å². The number of halogens is 1. The molecule has 2 rings (SSSR count). The molecule has 0 fully saturated rings. The molecule has 2 aromatic carbocycles. The van der Waals surface area contributed by atoms with Crippen molar-refractivity contribution in [3.8, 4) is 0 Å². The number of ketones is 1. The van der Waals surface area contributed by atoms with Crippen LogP contribution in [0.4, 0.5) is 0 Å². The van der Waals surface area contributed by atoms with E-state index in [1.807, 2.05) is 74.5 Å². The molecule has 0 N–H and O–H groups in total. The molecule has 2 aromatic rings. The Morgan fingerprint density at radius 1 is 0.947 bits per heavy atom. The summed E-state index contributed by atoms with van der Waals surface area (Å²) in [5, 5.41) is 0. The van der Waals surface area contributed by atoms with Gasteiger partial charge in [0.2, 0.25) is 0 Å². The van der Waals surface area contributed by atoms with E-state index in [1.54, 1.807) is 6.08 Å². The summed E-state index contributed by atoms with van der Waals surface area (Å²) in [5.41, 5.74) is 1.70. The number of allylic oxidation sites excluding steroid dienone is 1. The summed E-state index contributed by atoms with van der Waals surface area (Å²) in [5.74, 6) is 0.0151. The predicted molar refractivity (Wildman–Crippen MR) is 85.3 cm³/mol. The molecule has 0 saturated carbocycles. The Hall–Kier alpha value is -1.67. The summed E-state index contributed by atoms with van der Waals surface area (Å²) < 4.78 is 0.983. The van der Waals surface area contributed by atoms with Gasteiger partial charge in [-0.15, -0.1) is 0 Å². The summed E-state index contributed by atoms with van der Waals surface area (Å²) in [6.45, 7) is 4.00. The van der Waals surface area contributed by atoms with Gasteiger partial charge in [0.05, 0.1) is 0 Å². The quantitative estimate of drug-likeness (QED) is 0.549. The highest BCUT2D eigenvalue weighted by Gasteiger charge is 2.00. The molecule has 0 aliphatic rings. The van der Waals surface area contributed by atoms with Crippen LogP contribution in [0.2, 0.25) is 0 Å².